The number of nitrogens with zero attached hydrogens (tertiary/aromatic N) is 2. The molecule has 1 aliphatic heterocycles. The van der Waals surface area contributed by atoms with Crippen molar-refractivity contribution in [2.24, 2.45) is 5.84 Å². The Bertz CT molecular complexity index is 573. The molecule has 21 heavy (non-hydrogen) atoms. The Morgan fingerprint density at radius 1 is 1.52 bits per heavy atom. The molecule has 3 N–H and O–H groups in total. The molecule has 0 spiro atoms. The first-order valence-electron chi connectivity index (χ1n) is 6.52. The third kappa shape index (κ3) is 2.81. The van der Waals surface area contributed by atoms with E-state index in [1.54, 1.807) is 4.90 Å². The van der Waals surface area contributed by atoms with Crippen LogP contribution in [0.5, 0.6) is 0 Å². The molecule has 1 aliphatic rings. The number of para-hydroxylation sites is 1. The minimum Gasteiger partial charge on any atom is -0.377 e. The van der Waals surface area contributed by atoms with Crippen molar-refractivity contribution in [1.82, 2.24) is 4.90 Å². The molecule has 8 heteroatoms. The lowest BCUT2D eigenvalue weighted by molar-refractivity contribution is -0.384. The molecule has 2 rings (SSSR count). The number of nitro benzene ring substituents is 1. The summed E-state index contributed by atoms with van der Waals surface area (Å²) < 4.78 is 5.38. The van der Waals surface area contributed by atoms with Crippen LogP contribution < -0.4 is 11.3 Å². The number of benzene rings is 1. The summed E-state index contributed by atoms with van der Waals surface area (Å²) in [5.41, 5.74) is 1.77. The number of anilines is 1. The van der Waals surface area contributed by atoms with Gasteiger partial charge in [-0.15, -0.1) is 0 Å². The summed E-state index contributed by atoms with van der Waals surface area (Å²) in [5.74, 6) is 5.07. The highest BCUT2D eigenvalue weighted by molar-refractivity contribution is 6.02. The number of rotatable bonds is 3. The van der Waals surface area contributed by atoms with Crippen LogP contribution in [0.3, 0.4) is 0 Å². The van der Waals surface area contributed by atoms with Crippen LogP contribution in [-0.4, -0.2) is 41.0 Å². The Hall–Kier alpha value is -2.19. The van der Waals surface area contributed by atoms with Crippen LogP contribution in [0.4, 0.5) is 11.4 Å². The number of amides is 1. The molecule has 0 atom stereocenters. The Morgan fingerprint density at radius 2 is 2.24 bits per heavy atom. The van der Waals surface area contributed by atoms with Gasteiger partial charge in [-0.2, -0.15) is 0 Å². The minimum absolute atomic E-state index is 0.0230. The number of ether oxygens (including phenoxy) is 1. The lowest BCUT2D eigenvalue weighted by Gasteiger charge is -2.42. The van der Waals surface area contributed by atoms with Crippen molar-refractivity contribution >= 4 is 17.3 Å². The first-order chi connectivity index (χ1) is 9.88. The maximum Gasteiger partial charge on any atom is 0.294 e. The highest BCUT2D eigenvalue weighted by Crippen LogP contribution is 2.30. The molecule has 0 radical (unpaired) electrons. The van der Waals surface area contributed by atoms with E-state index in [-0.39, 0.29) is 22.8 Å². The Kier molecular flexibility index (Phi) is 4.10. The first kappa shape index (κ1) is 15.2. The van der Waals surface area contributed by atoms with Gasteiger partial charge < -0.3 is 15.1 Å². The van der Waals surface area contributed by atoms with Crippen LogP contribution in [0.1, 0.15) is 24.2 Å². The lowest BCUT2D eigenvalue weighted by Crippen LogP contribution is -2.55. The van der Waals surface area contributed by atoms with Gasteiger partial charge in [-0.1, -0.05) is 6.07 Å². The molecule has 0 aromatic heterocycles. The van der Waals surface area contributed by atoms with Crippen LogP contribution in [0.25, 0.3) is 0 Å². The van der Waals surface area contributed by atoms with Crippen molar-refractivity contribution in [3.8, 4) is 0 Å². The van der Waals surface area contributed by atoms with Crippen LogP contribution in [0, 0.1) is 10.1 Å². The summed E-state index contributed by atoms with van der Waals surface area (Å²) >= 11 is 0. The third-order valence-corrected chi connectivity index (χ3v) is 3.50. The molecule has 0 bridgehead atoms. The van der Waals surface area contributed by atoms with Gasteiger partial charge in [0.15, 0.2) is 0 Å². The second-order valence-corrected chi connectivity index (χ2v) is 5.42. The highest BCUT2D eigenvalue weighted by Gasteiger charge is 2.36. The summed E-state index contributed by atoms with van der Waals surface area (Å²) in [6, 6.07) is 4.30. The molecule has 0 unspecified atom stereocenters. The van der Waals surface area contributed by atoms with Gasteiger partial charge in [0.2, 0.25) is 0 Å². The normalized spacial score (nSPS) is 17.4. The second kappa shape index (κ2) is 5.66. The fourth-order valence-corrected chi connectivity index (χ4v) is 2.40. The number of nitrogen functional groups attached to an aromatic ring is 1. The van der Waals surface area contributed by atoms with Gasteiger partial charge in [-0.25, -0.2) is 0 Å². The molecule has 1 amide bonds. The van der Waals surface area contributed by atoms with Gasteiger partial charge in [-0.3, -0.25) is 20.8 Å². The molecular formula is C13H18N4O4. The maximum absolute atomic E-state index is 12.7. The molecule has 0 aliphatic carbocycles. The van der Waals surface area contributed by atoms with Gasteiger partial charge in [-0.05, 0) is 19.9 Å². The zero-order valence-electron chi connectivity index (χ0n) is 12.0. The summed E-state index contributed by atoms with van der Waals surface area (Å²) in [6.45, 7) is 5.06. The van der Waals surface area contributed by atoms with Gasteiger partial charge in [0.25, 0.3) is 11.6 Å². The molecule has 1 fully saturated rings. The van der Waals surface area contributed by atoms with Crippen LogP contribution in [0.2, 0.25) is 0 Å². The Balaban J connectivity index is 2.44. The van der Waals surface area contributed by atoms with E-state index in [2.05, 4.69) is 5.43 Å². The predicted octanol–water partition coefficient (Wildman–Crippen LogP) is 1.13. The van der Waals surface area contributed by atoms with Gasteiger partial charge >= 0.3 is 0 Å². The fraction of sp³-hybridized carbons (Fsp3) is 0.462. The maximum atomic E-state index is 12.7. The number of morpholine rings is 1. The topological polar surface area (TPSA) is 111 Å². The molecule has 0 saturated carbocycles. The quantitative estimate of drug-likeness (QED) is 0.491. The van der Waals surface area contributed by atoms with Crippen molar-refractivity contribution in [3.63, 3.8) is 0 Å². The zero-order valence-corrected chi connectivity index (χ0v) is 12.0. The summed E-state index contributed by atoms with van der Waals surface area (Å²) in [7, 11) is 0. The first-order valence-corrected chi connectivity index (χ1v) is 6.52. The largest absolute Gasteiger partial charge is 0.377 e. The van der Waals surface area contributed by atoms with E-state index in [1.807, 2.05) is 13.8 Å². The molecular weight excluding hydrogens is 276 g/mol. The van der Waals surface area contributed by atoms with Crippen LogP contribution >= 0.6 is 0 Å². The van der Waals surface area contributed by atoms with Crippen molar-refractivity contribution in [3.05, 3.63) is 33.9 Å². The van der Waals surface area contributed by atoms with Gasteiger partial charge in [0, 0.05) is 12.6 Å². The number of nitro groups is 1. The third-order valence-electron chi connectivity index (χ3n) is 3.50. The monoisotopic (exact) mass is 294 g/mol. The number of carbonyl (C=O) groups is 1. The number of hydrazine groups is 1. The molecule has 1 aromatic carbocycles. The van der Waals surface area contributed by atoms with E-state index in [9.17, 15) is 14.9 Å². The molecule has 114 valence electrons. The minimum atomic E-state index is -0.573. The van der Waals surface area contributed by atoms with E-state index in [4.69, 9.17) is 10.6 Å². The molecule has 1 aromatic rings. The Morgan fingerprint density at radius 3 is 2.81 bits per heavy atom. The number of nitrogens with one attached hydrogen (secondary N) is 1. The molecule has 1 saturated heterocycles. The SMILES string of the molecule is CC1(C)COCCN1C(=O)c1cccc([N+](=O)[O-])c1NN. The fourth-order valence-electron chi connectivity index (χ4n) is 2.40. The second-order valence-electron chi connectivity index (χ2n) is 5.42. The van der Waals surface area contributed by atoms with Crippen molar-refractivity contribution in [2.45, 2.75) is 19.4 Å². The molecule has 8 nitrogen and oxygen atoms in total. The predicted molar refractivity (Wildman–Crippen MR) is 76.8 cm³/mol. The zero-order chi connectivity index (χ0) is 15.6. The van der Waals surface area contributed by atoms with Gasteiger partial charge in [0.05, 0.1) is 29.2 Å². The van der Waals surface area contributed by atoms with Crippen molar-refractivity contribution in [1.29, 1.82) is 0 Å². The summed E-state index contributed by atoms with van der Waals surface area (Å²) in [6.07, 6.45) is 0. The van der Waals surface area contributed by atoms with E-state index >= 15 is 0 Å². The standard InChI is InChI=1S/C13H18N4O4/c1-13(2)8-21-7-6-16(13)12(18)9-4-3-5-10(17(19)20)11(9)15-14/h3-5,15H,6-8,14H2,1-2H3. The average molecular weight is 294 g/mol. The van der Waals surface area contributed by atoms with Crippen molar-refractivity contribution < 1.29 is 14.5 Å². The number of hydrogen-bond donors (Lipinski definition) is 2. The summed E-state index contributed by atoms with van der Waals surface area (Å²) in [4.78, 5) is 24.8. The van der Waals surface area contributed by atoms with E-state index < -0.39 is 10.5 Å². The number of hydrogen-bond acceptors (Lipinski definition) is 6. The van der Waals surface area contributed by atoms with E-state index in [0.717, 1.165) is 0 Å². The van der Waals surface area contributed by atoms with Crippen LogP contribution in [0.15, 0.2) is 18.2 Å². The summed E-state index contributed by atoms with van der Waals surface area (Å²) in [5, 5.41) is 11.0. The molecule has 1 heterocycles. The number of nitrogens with two attached hydrogens (primary N) is 1. The number of carbonyl (C=O) groups excluding carboxylic acids is 1. The Labute approximate surface area is 122 Å². The van der Waals surface area contributed by atoms with E-state index in [0.29, 0.717) is 19.8 Å². The van der Waals surface area contributed by atoms with Crippen molar-refractivity contribution in [2.75, 3.05) is 25.2 Å². The van der Waals surface area contributed by atoms with Gasteiger partial charge in [0.1, 0.15) is 5.69 Å². The average Bonchev–Trinajstić information content (AvgIpc) is 2.45. The smallest absolute Gasteiger partial charge is 0.294 e. The lowest BCUT2D eigenvalue weighted by atomic mass is 10.00. The van der Waals surface area contributed by atoms with E-state index in [1.165, 1.54) is 18.2 Å². The highest BCUT2D eigenvalue weighted by atomic mass is 16.6. The van der Waals surface area contributed by atoms with Crippen LogP contribution in [-0.2, 0) is 4.74 Å².